The smallest absolute Gasteiger partial charge is 0.0407 e. The van der Waals surface area contributed by atoms with E-state index in [1.807, 2.05) is 0 Å². The monoisotopic (exact) mass is 218 g/mol. The molecule has 2 heteroatoms. The summed E-state index contributed by atoms with van der Waals surface area (Å²) in [6.07, 6.45) is 1.13. The van der Waals surface area contributed by atoms with Gasteiger partial charge in [-0.1, -0.05) is 12.1 Å². The fourth-order valence-electron chi connectivity index (χ4n) is 2.90. The maximum absolute atomic E-state index is 6.04. The van der Waals surface area contributed by atoms with E-state index in [1.165, 1.54) is 16.8 Å². The van der Waals surface area contributed by atoms with Gasteiger partial charge < -0.3 is 10.6 Å². The topological polar surface area (TPSA) is 29.3 Å². The third-order valence-corrected chi connectivity index (χ3v) is 3.49. The van der Waals surface area contributed by atoms with Crippen molar-refractivity contribution >= 4 is 5.69 Å². The Balaban J connectivity index is 2.48. The fourth-order valence-corrected chi connectivity index (χ4v) is 2.90. The van der Waals surface area contributed by atoms with Crippen molar-refractivity contribution in [1.29, 1.82) is 0 Å². The van der Waals surface area contributed by atoms with Gasteiger partial charge in [0.15, 0.2) is 0 Å². The van der Waals surface area contributed by atoms with Crippen LogP contribution in [0.25, 0.3) is 0 Å². The first-order valence-corrected chi connectivity index (χ1v) is 6.18. The Hall–Kier alpha value is -1.02. The normalized spacial score (nSPS) is 21.4. The maximum atomic E-state index is 6.04. The molecule has 2 unspecified atom stereocenters. The quantitative estimate of drug-likeness (QED) is 0.827. The fraction of sp³-hybridized carbons (Fsp3) is 0.571. The van der Waals surface area contributed by atoms with Crippen LogP contribution in [0.4, 0.5) is 5.69 Å². The van der Waals surface area contributed by atoms with Gasteiger partial charge in [0.2, 0.25) is 0 Å². The average Bonchev–Trinajstić information content (AvgIpc) is 2.52. The molecule has 0 fully saturated rings. The Morgan fingerprint density at radius 2 is 2.00 bits per heavy atom. The van der Waals surface area contributed by atoms with E-state index in [0.717, 1.165) is 6.42 Å². The predicted molar refractivity (Wildman–Crippen MR) is 69.8 cm³/mol. The van der Waals surface area contributed by atoms with Crippen LogP contribution < -0.4 is 10.6 Å². The molecule has 2 nitrogen and oxygen atoms in total. The molecule has 2 rings (SSSR count). The zero-order chi connectivity index (χ0) is 11.9. The number of anilines is 1. The molecule has 1 aromatic carbocycles. The lowest BCUT2D eigenvalue weighted by Gasteiger charge is -2.29. The first kappa shape index (κ1) is 11.5. The Labute approximate surface area is 98.4 Å². The number of fused-ring (bicyclic) bond motifs is 1. The maximum Gasteiger partial charge on any atom is 0.0407 e. The van der Waals surface area contributed by atoms with Gasteiger partial charge in [-0.25, -0.2) is 0 Å². The van der Waals surface area contributed by atoms with Crippen LogP contribution in [0.5, 0.6) is 0 Å². The number of hydrogen-bond donors (Lipinski definition) is 1. The second kappa shape index (κ2) is 4.10. The third kappa shape index (κ3) is 1.71. The van der Waals surface area contributed by atoms with E-state index < -0.39 is 0 Å². The van der Waals surface area contributed by atoms with Crippen LogP contribution in [-0.2, 0) is 6.42 Å². The number of nitrogens with two attached hydrogens (primary N) is 1. The first-order valence-electron chi connectivity index (χ1n) is 6.18. The summed E-state index contributed by atoms with van der Waals surface area (Å²) in [5, 5.41) is 0. The molecule has 1 aliphatic heterocycles. The van der Waals surface area contributed by atoms with Crippen molar-refractivity contribution in [1.82, 2.24) is 0 Å². The summed E-state index contributed by atoms with van der Waals surface area (Å²) < 4.78 is 0. The van der Waals surface area contributed by atoms with E-state index in [4.69, 9.17) is 5.73 Å². The van der Waals surface area contributed by atoms with Crippen molar-refractivity contribution in [3.05, 3.63) is 29.3 Å². The second-order valence-electron chi connectivity index (χ2n) is 5.19. The molecule has 0 radical (unpaired) electrons. The molecule has 0 spiro atoms. The summed E-state index contributed by atoms with van der Waals surface area (Å²) in [5.41, 5.74) is 10.2. The Morgan fingerprint density at radius 3 is 2.56 bits per heavy atom. The van der Waals surface area contributed by atoms with Gasteiger partial charge in [-0.2, -0.15) is 0 Å². The number of benzene rings is 1. The molecule has 0 saturated heterocycles. The highest BCUT2D eigenvalue weighted by Gasteiger charge is 2.29. The zero-order valence-corrected chi connectivity index (χ0v) is 10.7. The summed E-state index contributed by atoms with van der Waals surface area (Å²) in [7, 11) is 0. The molecular formula is C14H22N2. The van der Waals surface area contributed by atoms with Gasteiger partial charge in [-0.05, 0) is 51.3 Å². The van der Waals surface area contributed by atoms with Crippen LogP contribution in [0.1, 0.15) is 44.9 Å². The molecule has 88 valence electrons. The standard InChI is InChI=1S/C14H22N2/c1-9(2)16-10(3)8-13-12(11(4)15)6-5-7-14(13)16/h5-7,9-11H,8,15H2,1-4H3. The molecule has 0 saturated carbocycles. The van der Waals surface area contributed by atoms with Gasteiger partial charge in [0, 0.05) is 23.8 Å². The molecule has 2 atom stereocenters. The van der Waals surface area contributed by atoms with Crippen LogP contribution in [0.3, 0.4) is 0 Å². The van der Waals surface area contributed by atoms with Crippen LogP contribution in [0.2, 0.25) is 0 Å². The molecule has 0 aromatic heterocycles. The second-order valence-corrected chi connectivity index (χ2v) is 5.19. The van der Waals surface area contributed by atoms with E-state index in [-0.39, 0.29) is 6.04 Å². The number of nitrogens with zero attached hydrogens (tertiary/aromatic N) is 1. The highest BCUT2D eigenvalue weighted by atomic mass is 15.2. The minimum absolute atomic E-state index is 0.134. The van der Waals surface area contributed by atoms with Gasteiger partial charge in [0.1, 0.15) is 0 Å². The predicted octanol–water partition coefficient (Wildman–Crippen LogP) is 2.87. The summed E-state index contributed by atoms with van der Waals surface area (Å²) in [6, 6.07) is 7.80. The van der Waals surface area contributed by atoms with Crippen LogP contribution >= 0.6 is 0 Å². The lowest BCUT2D eigenvalue weighted by atomic mass is 9.99. The lowest BCUT2D eigenvalue weighted by Crippen LogP contribution is -2.35. The summed E-state index contributed by atoms with van der Waals surface area (Å²) >= 11 is 0. The van der Waals surface area contributed by atoms with Crippen molar-refractivity contribution in [3.63, 3.8) is 0 Å². The molecule has 16 heavy (non-hydrogen) atoms. The molecule has 1 aromatic rings. The molecule has 2 N–H and O–H groups in total. The van der Waals surface area contributed by atoms with E-state index in [9.17, 15) is 0 Å². The van der Waals surface area contributed by atoms with Crippen molar-refractivity contribution in [2.45, 2.75) is 52.2 Å². The van der Waals surface area contributed by atoms with Crippen molar-refractivity contribution in [2.75, 3.05) is 4.90 Å². The molecule has 1 heterocycles. The van der Waals surface area contributed by atoms with Gasteiger partial charge in [-0.3, -0.25) is 0 Å². The van der Waals surface area contributed by atoms with Crippen LogP contribution in [0.15, 0.2) is 18.2 Å². The van der Waals surface area contributed by atoms with E-state index in [0.29, 0.717) is 12.1 Å². The summed E-state index contributed by atoms with van der Waals surface area (Å²) in [5.74, 6) is 0. The zero-order valence-electron chi connectivity index (χ0n) is 10.7. The highest BCUT2D eigenvalue weighted by Crippen LogP contribution is 2.37. The minimum Gasteiger partial charge on any atom is -0.366 e. The van der Waals surface area contributed by atoms with Crippen molar-refractivity contribution in [3.8, 4) is 0 Å². The third-order valence-electron chi connectivity index (χ3n) is 3.49. The largest absolute Gasteiger partial charge is 0.366 e. The van der Waals surface area contributed by atoms with E-state index in [1.54, 1.807) is 0 Å². The Bertz CT molecular complexity index is 382. The summed E-state index contributed by atoms with van der Waals surface area (Å²) in [6.45, 7) is 8.87. The lowest BCUT2D eigenvalue weighted by molar-refractivity contribution is 0.605. The van der Waals surface area contributed by atoms with E-state index >= 15 is 0 Å². The van der Waals surface area contributed by atoms with Gasteiger partial charge in [-0.15, -0.1) is 0 Å². The highest BCUT2D eigenvalue weighted by molar-refractivity contribution is 5.63. The minimum atomic E-state index is 0.134. The van der Waals surface area contributed by atoms with E-state index in [2.05, 4.69) is 50.8 Å². The van der Waals surface area contributed by atoms with Gasteiger partial charge >= 0.3 is 0 Å². The van der Waals surface area contributed by atoms with Gasteiger partial charge in [0.25, 0.3) is 0 Å². The van der Waals surface area contributed by atoms with Crippen LogP contribution in [0, 0.1) is 0 Å². The van der Waals surface area contributed by atoms with Gasteiger partial charge in [0.05, 0.1) is 0 Å². The average molecular weight is 218 g/mol. The molecule has 0 bridgehead atoms. The summed E-state index contributed by atoms with van der Waals surface area (Å²) in [4.78, 5) is 2.50. The Morgan fingerprint density at radius 1 is 1.31 bits per heavy atom. The van der Waals surface area contributed by atoms with Crippen LogP contribution in [-0.4, -0.2) is 12.1 Å². The first-order chi connectivity index (χ1) is 7.52. The van der Waals surface area contributed by atoms with Crippen molar-refractivity contribution < 1.29 is 0 Å². The molecule has 0 amide bonds. The number of hydrogen-bond acceptors (Lipinski definition) is 2. The molecule has 0 aliphatic carbocycles. The Kier molecular flexibility index (Phi) is 2.94. The number of rotatable bonds is 2. The molecular weight excluding hydrogens is 196 g/mol. The van der Waals surface area contributed by atoms with Crippen molar-refractivity contribution in [2.24, 2.45) is 5.73 Å². The SMILES string of the molecule is CC(N)c1cccc2c1CC(C)N2C(C)C. The molecule has 1 aliphatic rings.